The molecule has 0 aromatic carbocycles. The molecular weight excluding hydrogens is 220 g/mol. The van der Waals surface area contributed by atoms with Crippen molar-refractivity contribution in [1.82, 2.24) is 5.01 Å². The zero-order valence-corrected chi connectivity index (χ0v) is 9.28. The highest BCUT2D eigenvalue weighted by molar-refractivity contribution is 6.18. The summed E-state index contributed by atoms with van der Waals surface area (Å²) in [6.45, 7) is 0.0939. The average molecular weight is 235 g/mol. The fraction of sp³-hybridized carbons (Fsp3) is 0.889. The molecule has 15 heavy (non-hydrogen) atoms. The molecule has 0 radical (unpaired) electrons. The summed E-state index contributed by atoms with van der Waals surface area (Å²) in [5, 5.41) is 3.29. The molecule has 0 bridgehead atoms. The Morgan fingerprint density at radius 3 is 2.60 bits per heavy atom. The molecule has 0 unspecified atom stereocenters. The van der Waals surface area contributed by atoms with Crippen molar-refractivity contribution in [1.29, 1.82) is 0 Å². The second-order valence-corrected chi connectivity index (χ2v) is 3.92. The Bertz CT molecular complexity index is 219. The lowest BCUT2D eigenvalue weighted by Crippen LogP contribution is -2.32. The zero-order valence-electron chi connectivity index (χ0n) is 8.52. The second-order valence-electron chi connectivity index (χ2n) is 3.54. The van der Waals surface area contributed by atoms with Gasteiger partial charge in [0, 0.05) is 5.88 Å². The summed E-state index contributed by atoms with van der Waals surface area (Å²) in [6.07, 6.45) is 4.33. The first-order valence-electron chi connectivity index (χ1n) is 5.15. The standard InChI is InChI=1S/C9H15ClN2O3/c10-6-7-12(11-14)9(13)15-8-4-2-1-3-5-8/h8H,1-7H2. The van der Waals surface area contributed by atoms with Gasteiger partial charge in [0.2, 0.25) is 0 Å². The summed E-state index contributed by atoms with van der Waals surface area (Å²) in [4.78, 5) is 21.7. The number of hydrogen-bond donors (Lipinski definition) is 0. The third kappa shape index (κ3) is 4.03. The maximum atomic E-state index is 11.4. The van der Waals surface area contributed by atoms with E-state index in [2.05, 4.69) is 5.29 Å². The molecular formula is C9H15ClN2O3. The molecule has 86 valence electrons. The summed E-state index contributed by atoms with van der Waals surface area (Å²) >= 11 is 5.41. The number of nitroso groups, excluding NO2 is 1. The van der Waals surface area contributed by atoms with Crippen LogP contribution in [0.1, 0.15) is 32.1 Å². The van der Waals surface area contributed by atoms with Crippen LogP contribution in [0.15, 0.2) is 5.29 Å². The average Bonchev–Trinajstić information content (AvgIpc) is 2.27. The van der Waals surface area contributed by atoms with E-state index in [4.69, 9.17) is 16.3 Å². The van der Waals surface area contributed by atoms with E-state index >= 15 is 0 Å². The van der Waals surface area contributed by atoms with Gasteiger partial charge in [0.05, 0.1) is 11.8 Å². The highest BCUT2D eigenvalue weighted by Gasteiger charge is 2.22. The van der Waals surface area contributed by atoms with Crippen molar-refractivity contribution in [3.8, 4) is 0 Å². The lowest BCUT2D eigenvalue weighted by atomic mass is 9.98. The van der Waals surface area contributed by atoms with Crippen LogP contribution in [0.2, 0.25) is 0 Å². The minimum Gasteiger partial charge on any atom is -0.445 e. The topological polar surface area (TPSA) is 59.0 Å². The Hall–Kier alpha value is -0.840. The predicted molar refractivity (Wildman–Crippen MR) is 56.6 cm³/mol. The van der Waals surface area contributed by atoms with Gasteiger partial charge in [-0.15, -0.1) is 16.5 Å². The van der Waals surface area contributed by atoms with Crippen LogP contribution in [0, 0.1) is 4.91 Å². The molecule has 6 heteroatoms. The van der Waals surface area contributed by atoms with Gasteiger partial charge in [0.15, 0.2) is 0 Å². The first kappa shape index (κ1) is 12.2. The van der Waals surface area contributed by atoms with Gasteiger partial charge in [-0.05, 0) is 25.7 Å². The van der Waals surface area contributed by atoms with Gasteiger partial charge in [-0.3, -0.25) is 0 Å². The maximum absolute atomic E-state index is 11.4. The number of alkyl halides is 1. The molecule has 1 aliphatic carbocycles. The number of ether oxygens (including phenoxy) is 1. The third-order valence-electron chi connectivity index (χ3n) is 2.43. The summed E-state index contributed by atoms with van der Waals surface area (Å²) in [6, 6.07) is 0. The van der Waals surface area contributed by atoms with Crippen LogP contribution >= 0.6 is 11.6 Å². The van der Waals surface area contributed by atoms with Crippen LogP contribution in [0.5, 0.6) is 0 Å². The van der Waals surface area contributed by atoms with Crippen molar-refractivity contribution in [3.05, 3.63) is 4.91 Å². The number of carbonyl (C=O) groups excluding carboxylic acids is 1. The predicted octanol–water partition coefficient (Wildman–Crippen LogP) is 2.68. The van der Waals surface area contributed by atoms with Gasteiger partial charge in [0.25, 0.3) is 0 Å². The van der Waals surface area contributed by atoms with Crippen LogP contribution in [-0.2, 0) is 4.74 Å². The smallest absolute Gasteiger partial charge is 0.433 e. The van der Waals surface area contributed by atoms with Crippen molar-refractivity contribution in [2.75, 3.05) is 12.4 Å². The van der Waals surface area contributed by atoms with Gasteiger partial charge in [0.1, 0.15) is 6.10 Å². The highest BCUT2D eigenvalue weighted by atomic mass is 35.5. The molecule has 0 spiro atoms. The number of rotatable bonds is 4. The number of halogens is 1. The van der Waals surface area contributed by atoms with E-state index in [1.54, 1.807) is 0 Å². The maximum Gasteiger partial charge on any atom is 0.433 e. The van der Waals surface area contributed by atoms with Gasteiger partial charge in [-0.1, -0.05) is 6.42 Å². The lowest BCUT2D eigenvalue weighted by molar-refractivity contribution is 0.0472. The fourth-order valence-corrected chi connectivity index (χ4v) is 1.79. The minimum atomic E-state index is -0.683. The van der Waals surface area contributed by atoms with E-state index < -0.39 is 6.09 Å². The molecule has 1 rings (SSSR count). The summed E-state index contributed by atoms with van der Waals surface area (Å²) < 4.78 is 5.13. The van der Waals surface area contributed by atoms with Crippen LogP contribution < -0.4 is 0 Å². The van der Waals surface area contributed by atoms with Gasteiger partial charge in [-0.25, -0.2) is 4.79 Å². The Morgan fingerprint density at radius 1 is 1.40 bits per heavy atom. The van der Waals surface area contributed by atoms with Crippen molar-refractivity contribution < 1.29 is 9.53 Å². The Morgan fingerprint density at radius 2 is 2.07 bits per heavy atom. The normalized spacial score (nSPS) is 17.1. The molecule has 1 saturated carbocycles. The van der Waals surface area contributed by atoms with Gasteiger partial charge in [-0.2, -0.15) is 5.01 Å². The number of amides is 1. The number of nitrogens with zero attached hydrogens (tertiary/aromatic N) is 2. The number of hydrogen-bond acceptors (Lipinski definition) is 4. The van der Waals surface area contributed by atoms with Gasteiger partial charge < -0.3 is 4.74 Å². The zero-order chi connectivity index (χ0) is 11.1. The largest absolute Gasteiger partial charge is 0.445 e. The molecule has 0 aromatic rings. The summed E-state index contributed by atoms with van der Waals surface area (Å²) in [5.74, 6) is 0.172. The Kier molecular flexibility index (Phi) is 5.39. The Balaban J connectivity index is 2.34. The molecule has 0 saturated heterocycles. The minimum absolute atomic E-state index is 0.0641. The molecule has 1 fully saturated rings. The monoisotopic (exact) mass is 234 g/mol. The van der Waals surface area contributed by atoms with E-state index in [0.717, 1.165) is 30.7 Å². The van der Waals surface area contributed by atoms with Crippen molar-refractivity contribution >= 4 is 17.7 Å². The van der Waals surface area contributed by atoms with Crippen LogP contribution in [0.25, 0.3) is 0 Å². The molecule has 5 nitrogen and oxygen atoms in total. The quantitative estimate of drug-likeness (QED) is 0.427. The van der Waals surface area contributed by atoms with Crippen molar-refractivity contribution in [2.24, 2.45) is 5.29 Å². The van der Waals surface area contributed by atoms with E-state index in [1.807, 2.05) is 0 Å². The first-order valence-corrected chi connectivity index (χ1v) is 5.68. The van der Waals surface area contributed by atoms with E-state index in [0.29, 0.717) is 0 Å². The molecule has 1 amide bonds. The summed E-state index contributed by atoms with van der Waals surface area (Å²) in [7, 11) is 0. The Labute approximate surface area is 93.7 Å². The number of carbonyl (C=O) groups is 1. The second kappa shape index (κ2) is 6.61. The van der Waals surface area contributed by atoms with E-state index in [1.165, 1.54) is 6.42 Å². The van der Waals surface area contributed by atoms with Gasteiger partial charge >= 0.3 is 6.09 Å². The first-order chi connectivity index (χ1) is 7.27. The highest BCUT2D eigenvalue weighted by Crippen LogP contribution is 2.20. The molecule has 0 aromatic heterocycles. The van der Waals surface area contributed by atoms with Crippen LogP contribution in [0.3, 0.4) is 0 Å². The van der Waals surface area contributed by atoms with Crippen molar-refractivity contribution in [2.45, 2.75) is 38.2 Å². The summed E-state index contributed by atoms with van der Waals surface area (Å²) in [5.41, 5.74) is 0. The molecule has 0 N–H and O–H groups in total. The van der Waals surface area contributed by atoms with Crippen LogP contribution in [-0.4, -0.2) is 29.6 Å². The molecule has 1 aliphatic rings. The lowest BCUT2D eigenvalue weighted by Gasteiger charge is -2.23. The SMILES string of the molecule is O=NN(CCCl)C(=O)OC1CCCCC1. The molecule has 0 atom stereocenters. The van der Waals surface area contributed by atoms with E-state index in [-0.39, 0.29) is 18.5 Å². The third-order valence-corrected chi connectivity index (χ3v) is 2.59. The molecule has 0 heterocycles. The fourth-order valence-electron chi connectivity index (χ4n) is 1.63. The van der Waals surface area contributed by atoms with Crippen LogP contribution in [0.4, 0.5) is 4.79 Å². The van der Waals surface area contributed by atoms with Crippen molar-refractivity contribution in [3.63, 3.8) is 0 Å². The molecule has 0 aliphatic heterocycles. The van der Waals surface area contributed by atoms with E-state index in [9.17, 15) is 9.70 Å².